The maximum atomic E-state index is 2.47. The third-order valence-electron chi connectivity index (χ3n) is 12.4. The third kappa shape index (κ3) is 5.00. The molecule has 0 N–H and O–H groups in total. The molecule has 1 atom stereocenters. The molecular weight excluding hydrogens is 703 g/mol. The lowest BCUT2D eigenvalue weighted by molar-refractivity contribution is 0.735. The van der Waals surface area contributed by atoms with E-state index in [9.17, 15) is 0 Å². The van der Waals surface area contributed by atoms with E-state index in [1.54, 1.807) is 0 Å². The van der Waals surface area contributed by atoms with E-state index >= 15 is 0 Å². The maximum Gasteiger partial charge on any atom is 0.0541 e. The fraction of sp³-hybridized carbons (Fsp3) is 0.0545. The summed E-state index contributed by atoms with van der Waals surface area (Å²) >= 11 is 0. The van der Waals surface area contributed by atoms with Crippen molar-refractivity contribution < 1.29 is 0 Å². The average molecular weight is 742 g/mol. The number of para-hydroxylation sites is 4. The highest BCUT2D eigenvalue weighted by molar-refractivity contribution is 6.15. The van der Waals surface area contributed by atoms with E-state index in [-0.39, 0.29) is 0 Å². The highest BCUT2D eigenvalue weighted by Gasteiger charge is 2.19. The van der Waals surface area contributed by atoms with Gasteiger partial charge in [-0.2, -0.15) is 0 Å². The highest BCUT2D eigenvalue weighted by Crippen LogP contribution is 2.41. The second-order valence-corrected chi connectivity index (χ2v) is 15.8. The standard InChI is InChI=1S/C55H39N3/c1-36-20-26-43(27-21-36)58-54-30-24-39(37-22-28-52-46(32-37)44-16-8-10-18-50(44)56(52)41-12-4-2-5-13-41)34-48(54)49-35-40(25-31-55(49)58)38-23-29-53-47(33-38)45-17-9-11-19-51(45)57(53)42-14-6-3-7-15-42/h2-20,22-36H,21H2,1H3. The van der Waals surface area contributed by atoms with Crippen LogP contribution in [0.5, 0.6) is 0 Å². The van der Waals surface area contributed by atoms with Gasteiger partial charge in [0.15, 0.2) is 0 Å². The van der Waals surface area contributed by atoms with Crippen LogP contribution in [0.4, 0.5) is 0 Å². The van der Waals surface area contributed by atoms with Gasteiger partial charge in [0.1, 0.15) is 0 Å². The first-order valence-electron chi connectivity index (χ1n) is 20.3. The van der Waals surface area contributed by atoms with Crippen LogP contribution in [-0.2, 0) is 0 Å². The van der Waals surface area contributed by atoms with Gasteiger partial charge in [-0.15, -0.1) is 0 Å². The second-order valence-electron chi connectivity index (χ2n) is 15.8. The molecule has 8 aromatic carbocycles. The minimum Gasteiger partial charge on any atom is -0.310 e. The van der Waals surface area contributed by atoms with Gasteiger partial charge in [-0.1, -0.05) is 116 Å². The Labute approximate surface area is 336 Å². The van der Waals surface area contributed by atoms with Crippen molar-refractivity contribution in [1.29, 1.82) is 0 Å². The Bertz CT molecular complexity index is 3270. The summed E-state index contributed by atoms with van der Waals surface area (Å²) in [5, 5.41) is 7.57. The number of fused-ring (bicyclic) bond motifs is 9. The van der Waals surface area contributed by atoms with Crippen LogP contribution in [0.25, 0.3) is 105 Å². The van der Waals surface area contributed by atoms with E-state index in [4.69, 9.17) is 0 Å². The first-order valence-corrected chi connectivity index (χ1v) is 20.3. The maximum absolute atomic E-state index is 2.47. The predicted octanol–water partition coefficient (Wildman–Crippen LogP) is 14.8. The van der Waals surface area contributed by atoms with Gasteiger partial charge in [0.05, 0.1) is 33.1 Å². The second kappa shape index (κ2) is 12.8. The summed E-state index contributed by atoms with van der Waals surface area (Å²) in [6.07, 6.45) is 8.09. The van der Waals surface area contributed by atoms with Crippen molar-refractivity contribution in [3.63, 3.8) is 0 Å². The van der Waals surface area contributed by atoms with Crippen molar-refractivity contribution in [1.82, 2.24) is 13.7 Å². The number of allylic oxidation sites excluding steroid dienone is 4. The Morgan fingerprint density at radius 3 is 1.14 bits per heavy atom. The van der Waals surface area contributed by atoms with Crippen LogP contribution in [0.3, 0.4) is 0 Å². The molecule has 58 heavy (non-hydrogen) atoms. The van der Waals surface area contributed by atoms with Gasteiger partial charge in [-0.3, -0.25) is 0 Å². The molecule has 0 aliphatic heterocycles. The summed E-state index contributed by atoms with van der Waals surface area (Å²) in [5.41, 5.74) is 15.8. The molecule has 12 rings (SSSR count). The van der Waals surface area contributed by atoms with Crippen molar-refractivity contribution in [2.75, 3.05) is 0 Å². The van der Waals surface area contributed by atoms with Crippen LogP contribution in [0.15, 0.2) is 200 Å². The molecule has 0 spiro atoms. The lowest BCUT2D eigenvalue weighted by atomic mass is 9.98. The number of nitrogens with zero attached hydrogens (tertiary/aromatic N) is 3. The predicted molar refractivity (Wildman–Crippen MR) is 246 cm³/mol. The van der Waals surface area contributed by atoms with Crippen molar-refractivity contribution in [3.05, 3.63) is 200 Å². The summed E-state index contributed by atoms with van der Waals surface area (Å²) in [6.45, 7) is 2.29. The Morgan fingerprint density at radius 1 is 0.362 bits per heavy atom. The molecule has 3 aromatic heterocycles. The smallest absolute Gasteiger partial charge is 0.0541 e. The fourth-order valence-corrected chi connectivity index (χ4v) is 9.56. The Morgan fingerprint density at radius 2 is 0.724 bits per heavy atom. The Hall–Kier alpha value is -7.36. The summed E-state index contributed by atoms with van der Waals surface area (Å²) in [6, 6.07) is 67.0. The Kier molecular flexibility index (Phi) is 7.27. The van der Waals surface area contributed by atoms with E-state index in [1.165, 1.54) is 105 Å². The van der Waals surface area contributed by atoms with Crippen LogP contribution < -0.4 is 0 Å². The first-order chi connectivity index (χ1) is 28.7. The normalized spacial score (nSPS) is 14.4. The average Bonchev–Trinajstić information content (AvgIpc) is 3.92. The zero-order valence-corrected chi connectivity index (χ0v) is 32.2. The number of aromatic nitrogens is 3. The van der Waals surface area contributed by atoms with Crippen LogP contribution in [0.2, 0.25) is 0 Å². The van der Waals surface area contributed by atoms with Gasteiger partial charge in [0.25, 0.3) is 0 Å². The van der Waals surface area contributed by atoms with E-state index in [0.717, 1.165) is 6.42 Å². The summed E-state index contributed by atoms with van der Waals surface area (Å²) in [7, 11) is 0. The van der Waals surface area contributed by atoms with Crippen molar-refractivity contribution in [3.8, 4) is 33.6 Å². The number of rotatable bonds is 5. The monoisotopic (exact) mass is 741 g/mol. The van der Waals surface area contributed by atoms with Gasteiger partial charge in [0, 0.05) is 49.4 Å². The molecule has 3 nitrogen and oxygen atoms in total. The minimum atomic E-state index is 0.542. The zero-order valence-electron chi connectivity index (χ0n) is 32.2. The Balaban J connectivity index is 1.05. The summed E-state index contributed by atoms with van der Waals surface area (Å²) in [5.74, 6) is 0.542. The topological polar surface area (TPSA) is 14.8 Å². The van der Waals surface area contributed by atoms with Gasteiger partial charge < -0.3 is 13.7 Å². The third-order valence-corrected chi connectivity index (χ3v) is 12.4. The SMILES string of the molecule is CC1C=CC(n2c3ccc(-c4ccc5c(c4)c4ccccc4n5-c4ccccc4)cc3c3cc(-c4ccc5c(c4)c4ccccc4n5-c4ccccc4)ccc32)=CC1. The molecule has 0 saturated heterocycles. The quantitative estimate of drug-likeness (QED) is 0.167. The molecule has 1 aliphatic rings. The molecule has 0 saturated carbocycles. The van der Waals surface area contributed by atoms with Crippen LogP contribution in [0.1, 0.15) is 13.3 Å². The highest BCUT2D eigenvalue weighted by atomic mass is 15.0. The zero-order chi connectivity index (χ0) is 38.3. The molecule has 3 heterocycles. The molecule has 0 bridgehead atoms. The minimum absolute atomic E-state index is 0.542. The van der Waals surface area contributed by atoms with Crippen molar-refractivity contribution in [2.45, 2.75) is 13.3 Å². The van der Waals surface area contributed by atoms with E-state index < -0.39 is 0 Å². The molecule has 1 unspecified atom stereocenters. The summed E-state index contributed by atoms with van der Waals surface area (Å²) < 4.78 is 7.24. The molecule has 3 heteroatoms. The van der Waals surface area contributed by atoms with Crippen LogP contribution in [-0.4, -0.2) is 13.7 Å². The number of benzene rings is 8. The fourth-order valence-electron chi connectivity index (χ4n) is 9.56. The molecule has 274 valence electrons. The van der Waals surface area contributed by atoms with Crippen molar-refractivity contribution in [2.24, 2.45) is 5.92 Å². The number of hydrogen-bond acceptors (Lipinski definition) is 0. The molecule has 0 radical (unpaired) electrons. The van der Waals surface area contributed by atoms with Crippen LogP contribution >= 0.6 is 0 Å². The molecule has 1 aliphatic carbocycles. The van der Waals surface area contributed by atoms with E-state index in [2.05, 4.69) is 221 Å². The van der Waals surface area contributed by atoms with Gasteiger partial charge in [-0.25, -0.2) is 0 Å². The van der Waals surface area contributed by atoms with E-state index in [1.807, 2.05) is 0 Å². The summed E-state index contributed by atoms with van der Waals surface area (Å²) in [4.78, 5) is 0. The first kappa shape index (κ1) is 32.8. The number of hydrogen-bond donors (Lipinski definition) is 0. The van der Waals surface area contributed by atoms with Crippen LogP contribution in [0, 0.1) is 5.92 Å². The molecular formula is C55H39N3. The molecule has 0 amide bonds. The van der Waals surface area contributed by atoms with Gasteiger partial charge in [0.2, 0.25) is 0 Å². The largest absolute Gasteiger partial charge is 0.310 e. The molecule has 0 fully saturated rings. The lowest BCUT2D eigenvalue weighted by Gasteiger charge is -2.15. The molecule has 11 aromatic rings. The van der Waals surface area contributed by atoms with Gasteiger partial charge in [-0.05, 0) is 126 Å². The van der Waals surface area contributed by atoms with Gasteiger partial charge >= 0.3 is 0 Å². The lowest BCUT2D eigenvalue weighted by Crippen LogP contribution is -2.00. The van der Waals surface area contributed by atoms with Crippen molar-refractivity contribution >= 4 is 71.1 Å². The van der Waals surface area contributed by atoms with E-state index in [0.29, 0.717) is 5.92 Å².